The first-order valence-corrected chi connectivity index (χ1v) is 7.57. The van der Waals surface area contributed by atoms with Gasteiger partial charge in [0.15, 0.2) is 0 Å². The number of hydrogen-bond acceptors (Lipinski definition) is 4. The van der Waals surface area contributed by atoms with Crippen LogP contribution in [-0.2, 0) is 17.6 Å². The summed E-state index contributed by atoms with van der Waals surface area (Å²) >= 11 is 1.57. The van der Waals surface area contributed by atoms with E-state index in [1.54, 1.807) is 16.8 Å². The molecule has 0 radical (unpaired) electrons. The van der Waals surface area contributed by atoms with Crippen molar-refractivity contribution < 1.29 is 9.53 Å². The molecule has 1 aromatic carbocycles. The van der Waals surface area contributed by atoms with Crippen LogP contribution in [0.4, 0.5) is 0 Å². The third-order valence-corrected chi connectivity index (χ3v) is 3.42. The number of nitrogens with zero attached hydrogens (tertiary/aromatic N) is 1. The van der Waals surface area contributed by atoms with Gasteiger partial charge in [-0.1, -0.05) is 12.1 Å². The molecular formula is C15H18N2O2S. The third-order valence-electron chi connectivity index (χ3n) is 2.79. The topological polar surface area (TPSA) is 51.2 Å². The molecule has 0 aliphatic heterocycles. The van der Waals surface area contributed by atoms with Crippen LogP contribution in [0.1, 0.15) is 18.2 Å². The van der Waals surface area contributed by atoms with Gasteiger partial charge < -0.3 is 10.1 Å². The molecule has 2 rings (SSSR count). The van der Waals surface area contributed by atoms with Crippen LogP contribution in [0.15, 0.2) is 35.2 Å². The molecule has 20 heavy (non-hydrogen) atoms. The lowest BCUT2D eigenvalue weighted by Gasteiger charge is -2.06. The van der Waals surface area contributed by atoms with Crippen molar-refractivity contribution in [1.82, 2.24) is 10.3 Å². The van der Waals surface area contributed by atoms with Gasteiger partial charge in [0.05, 0.1) is 24.2 Å². The van der Waals surface area contributed by atoms with Crippen LogP contribution in [-0.4, -0.2) is 24.0 Å². The molecule has 0 bridgehead atoms. The zero-order valence-corrected chi connectivity index (χ0v) is 12.3. The number of hydrogen-bond donors (Lipinski definition) is 1. The Morgan fingerprint density at radius 2 is 2.15 bits per heavy atom. The highest BCUT2D eigenvalue weighted by Gasteiger charge is 2.04. The first-order chi connectivity index (χ1) is 9.78. The van der Waals surface area contributed by atoms with Gasteiger partial charge in [-0.25, -0.2) is 4.98 Å². The van der Waals surface area contributed by atoms with Crippen LogP contribution in [0, 0.1) is 0 Å². The lowest BCUT2D eigenvalue weighted by Crippen LogP contribution is -2.27. The quantitative estimate of drug-likeness (QED) is 0.852. The number of benzene rings is 1. The number of carbonyl (C=O) groups excluding carboxylic acids is 1. The lowest BCUT2D eigenvalue weighted by atomic mass is 10.1. The van der Waals surface area contributed by atoms with Crippen molar-refractivity contribution in [2.75, 3.05) is 13.2 Å². The molecule has 0 aliphatic carbocycles. The Hall–Kier alpha value is -1.88. The van der Waals surface area contributed by atoms with Crippen molar-refractivity contribution in [3.63, 3.8) is 0 Å². The molecule has 5 heteroatoms. The number of thiazole rings is 1. The Morgan fingerprint density at radius 1 is 1.35 bits per heavy atom. The molecule has 1 amide bonds. The van der Waals surface area contributed by atoms with Crippen molar-refractivity contribution in [2.24, 2.45) is 0 Å². The summed E-state index contributed by atoms with van der Waals surface area (Å²) in [6.45, 7) is 3.22. The second kappa shape index (κ2) is 7.65. The van der Waals surface area contributed by atoms with Gasteiger partial charge in [-0.15, -0.1) is 11.3 Å². The largest absolute Gasteiger partial charge is 0.494 e. The van der Waals surface area contributed by atoms with E-state index < -0.39 is 0 Å². The number of nitrogens with one attached hydrogen (secondary N) is 1. The lowest BCUT2D eigenvalue weighted by molar-refractivity contribution is -0.120. The molecule has 0 spiro atoms. The third kappa shape index (κ3) is 4.66. The van der Waals surface area contributed by atoms with Gasteiger partial charge in [-0.2, -0.15) is 0 Å². The van der Waals surface area contributed by atoms with Crippen LogP contribution in [0.3, 0.4) is 0 Å². The highest BCUT2D eigenvalue weighted by molar-refractivity contribution is 7.07. The second-order valence-electron chi connectivity index (χ2n) is 4.33. The summed E-state index contributed by atoms with van der Waals surface area (Å²) in [6, 6.07) is 7.62. The van der Waals surface area contributed by atoms with Gasteiger partial charge in [0, 0.05) is 18.3 Å². The van der Waals surface area contributed by atoms with Gasteiger partial charge in [0.25, 0.3) is 0 Å². The summed E-state index contributed by atoms with van der Waals surface area (Å²) < 4.78 is 5.37. The van der Waals surface area contributed by atoms with Crippen LogP contribution in [0.5, 0.6) is 5.75 Å². The maximum absolute atomic E-state index is 11.8. The van der Waals surface area contributed by atoms with E-state index in [-0.39, 0.29) is 5.91 Å². The number of aromatic nitrogens is 1. The summed E-state index contributed by atoms with van der Waals surface area (Å²) in [7, 11) is 0. The van der Waals surface area contributed by atoms with Gasteiger partial charge in [-0.3, -0.25) is 4.79 Å². The predicted molar refractivity (Wildman–Crippen MR) is 80.1 cm³/mol. The molecule has 106 valence electrons. The average Bonchev–Trinajstić information content (AvgIpc) is 2.94. The van der Waals surface area contributed by atoms with Gasteiger partial charge in [0.2, 0.25) is 5.91 Å². The van der Waals surface area contributed by atoms with Crippen molar-refractivity contribution in [2.45, 2.75) is 19.8 Å². The molecule has 0 saturated heterocycles. The minimum atomic E-state index is 0.0318. The maximum Gasteiger partial charge on any atom is 0.224 e. The van der Waals surface area contributed by atoms with Gasteiger partial charge >= 0.3 is 0 Å². The minimum Gasteiger partial charge on any atom is -0.494 e. The summed E-state index contributed by atoms with van der Waals surface area (Å²) in [5, 5.41) is 4.90. The molecule has 1 aromatic heterocycles. The molecular weight excluding hydrogens is 272 g/mol. The van der Waals surface area contributed by atoms with Gasteiger partial charge in [-0.05, 0) is 24.6 Å². The number of rotatable bonds is 7. The van der Waals surface area contributed by atoms with Crippen molar-refractivity contribution in [3.8, 4) is 5.75 Å². The Balaban J connectivity index is 1.73. The number of amides is 1. The molecule has 0 saturated carbocycles. The smallest absolute Gasteiger partial charge is 0.224 e. The minimum absolute atomic E-state index is 0.0318. The predicted octanol–water partition coefficient (Wildman–Crippen LogP) is 2.44. The molecule has 0 fully saturated rings. The van der Waals surface area contributed by atoms with Gasteiger partial charge in [0.1, 0.15) is 5.75 Å². The standard InChI is InChI=1S/C15H18N2O2S/c1-2-19-14-5-3-12(4-6-14)9-15(18)16-8-7-13-10-20-11-17-13/h3-6,10-11H,2,7-9H2,1H3,(H,16,18). The molecule has 4 nitrogen and oxygen atoms in total. The number of carbonyl (C=O) groups is 1. The fourth-order valence-corrected chi connectivity index (χ4v) is 2.40. The van der Waals surface area contributed by atoms with Crippen LogP contribution in [0.2, 0.25) is 0 Å². The van der Waals surface area contributed by atoms with E-state index in [0.29, 0.717) is 19.6 Å². The Morgan fingerprint density at radius 3 is 2.80 bits per heavy atom. The fourth-order valence-electron chi connectivity index (χ4n) is 1.81. The van der Waals surface area contributed by atoms with Crippen LogP contribution in [0.25, 0.3) is 0 Å². The summed E-state index contributed by atoms with van der Waals surface area (Å²) in [6.07, 6.45) is 1.17. The molecule has 2 aromatic rings. The maximum atomic E-state index is 11.8. The first kappa shape index (κ1) is 14.5. The Labute approximate surface area is 122 Å². The van der Waals surface area contributed by atoms with Crippen LogP contribution < -0.4 is 10.1 Å². The van der Waals surface area contributed by atoms with E-state index in [4.69, 9.17) is 4.74 Å². The highest BCUT2D eigenvalue weighted by atomic mass is 32.1. The average molecular weight is 290 g/mol. The molecule has 0 unspecified atom stereocenters. The number of ether oxygens (including phenoxy) is 1. The Kier molecular flexibility index (Phi) is 5.55. The van der Waals surface area contributed by atoms with Crippen molar-refractivity contribution >= 4 is 17.2 Å². The molecule has 1 heterocycles. The monoisotopic (exact) mass is 290 g/mol. The van der Waals surface area contributed by atoms with E-state index in [1.807, 2.05) is 36.6 Å². The second-order valence-corrected chi connectivity index (χ2v) is 5.05. The normalized spacial score (nSPS) is 10.2. The van der Waals surface area contributed by atoms with E-state index in [9.17, 15) is 4.79 Å². The first-order valence-electron chi connectivity index (χ1n) is 6.63. The summed E-state index contributed by atoms with van der Waals surface area (Å²) in [5.41, 5.74) is 3.81. The van der Waals surface area contributed by atoms with E-state index >= 15 is 0 Å². The summed E-state index contributed by atoms with van der Waals surface area (Å²) in [4.78, 5) is 16.0. The molecule has 0 aliphatic rings. The van der Waals surface area contributed by atoms with E-state index in [0.717, 1.165) is 23.4 Å². The van der Waals surface area contributed by atoms with Crippen LogP contribution >= 0.6 is 11.3 Å². The van der Waals surface area contributed by atoms with E-state index in [2.05, 4.69) is 10.3 Å². The SMILES string of the molecule is CCOc1ccc(CC(=O)NCCc2cscn2)cc1. The molecule has 0 atom stereocenters. The van der Waals surface area contributed by atoms with Crippen molar-refractivity contribution in [1.29, 1.82) is 0 Å². The molecule has 1 N–H and O–H groups in total. The van der Waals surface area contributed by atoms with Crippen molar-refractivity contribution in [3.05, 3.63) is 46.4 Å². The fraction of sp³-hybridized carbons (Fsp3) is 0.333. The summed E-state index contributed by atoms with van der Waals surface area (Å²) in [5.74, 6) is 0.865. The zero-order chi connectivity index (χ0) is 14.2. The van der Waals surface area contributed by atoms with E-state index in [1.165, 1.54) is 0 Å². The highest BCUT2D eigenvalue weighted by Crippen LogP contribution is 2.12. The Bertz CT molecular complexity index is 523. The zero-order valence-electron chi connectivity index (χ0n) is 11.5.